The highest BCUT2D eigenvalue weighted by Crippen LogP contribution is 2.28. The maximum absolute atomic E-state index is 13.1. The molecule has 1 saturated heterocycles. The summed E-state index contributed by atoms with van der Waals surface area (Å²) in [6.45, 7) is 9.97. The molecule has 0 unspecified atom stereocenters. The summed E-state index contributed by atoms with van der Waals surface area (Å²) in [4.78, 5) is 17.3. The van der Waals surface area contributed by atoms with Crippen molar-refractivity contribution in [1.82, 2.24) is 9.80 Å². The minimum Gasteiger partial charge on any atom is -0.451 e. The lowest BCUT2D eigenvalue weighted by Gasteiger charge is -2.23. The van der Waals surface area contributed by atoms with Gasteiger partial charge in [-0.3, -0.25) is 4.79 Å². The topological polar surface area (TPSA) is 36.7 Å². The van der Waals surface area contributed by atoms with Crippen LogP contribution in [0.15, 0.2) is 22.6 Å². The molecule has 1 aliphatic rings. The number of rotatable bonds is 6. The zero-order valence-corrected chi connectivity index (χ0v) is 16.0. The Hall–Kier alpha value is -1.81. The van der Waals surface area contributed by atoms with Crippen LogP contribution in [0.5, 0.6) is 0 Å². The number of hydrogen-bond acceptors (Lipinski definition) is 3. The van der Waals surface area contributed by atoms with Crippen molar-refractivity contribution in [3.05, 3.63) is 35.1 Å². The van der Waals surface area contributed by atoms with E-state index in [-0.39, 0.29) is 5.91 Å². The Kier molecular flexibility index (Phi) is 5.48. The highest BCUT2D eigenvalue weighted by Gasteiger charge is 2.27. The lowest BCUT2D eigenvalue weighted by molar-refractivity contribution is 0.0709. The number of carbonyl (C=O) groups is 1. The van der Waals surface area contributed by atoms with Crippen LogP contribution >= 0.6 is 0 Å². The van der Waals surface area contributed by atoms with Crippen LogP contribution in [0.4, 0.5) is 0 Å². The smallest absolute Gasteiger partial charge is 0.289 e. The van der Waals surface area contributed by atoms with Crippen LogP contribution in [-0.2, 0) is 6.42 Å². The average Bonchev–Trinajstić information content (AvgIpc) is 3.16. The van der Waals surface area contributed by atoms with E-state index in [1.54, 1.807) is 0 Å². The first-order valence-electron chi connectivity index (χ1n) is 9.53. The third-order valence-electron chi connectivity index (χ3n) is 5.37. The minimum absolute atomic E-state index is 0.0304. The maximum atomic E-state index is 13.1. The molecular weight excluding hydrogens is 312 g/mol. The molecule has 0 spiro atoms. The second-order valence-electron chi connectivity index (χ2n) is 7.40. The van der Waals surface area contributed by atoms with Gasteiger partial charge in [-0.1, -0.05) is 19.4 Å². The van der Waals surface area contributed by atoms with Crippen LogP contribution in [0, 0.1) is 12.8 Å². The molecule has 0 saturated carbocycles. The average molecular weight is 342 g/mol. The van der Waals surface area contributed by atoms with Crippen LogP contribution in [0.3, 0.4) is 0 Å². The van der Waals surface area contributed by atoms with Crippen LogP contribution in [0.2, 0.25) is 0 Å². The molecule has 1 aromatic heterocycles. The third-order valence-corrected chi connectivity index (χ3v) is 5.37. The predicted octanol–water partition coefficient (Wildman–Crippen LogP) is 4.11. The number of hydrogen-bond donors (Lipinski definition) is 0. The van der Waals surface area contributed by atoms with E-state index in [1.807, 2.05) is 24.8 Å². The summed E-state index contributed by atoms with van der Waals surface area (Å²) >= 11 is 0. The number of nitrogens with zero attached hydrogens (tertiary/aromatic N) is 2. The van der Waals surface area contributed by atoms with E-state index in [4.69, 9.17) is 4.42 Å². The molecule has 2 heterocycles. The number of furan rings is 1. The SMILES string of the molecule is CCCc1ccc2oc(C(=O)N(CC)C[C@@H]3CCN(C)C3)c(C)c2c1. The van der Waals surface area contributed by atoms with Gasteiger partial charge in [-0.2, -0.15) is 0 Å². The van der Waals surface area contributed by atoms with E-state index in [0.717, 1.165) is 55.6 Å². The molecule has 1 aliphatic heterocycles. The van der Waals surface area contributed by atoms with E-state index in [2.05, 4.69) is 31.0 Å². The number of likely N-dealkylation sites (tertiary alicyclic amines) is 1. The van der Waals surface area contributed by atoms with Gasteiger partial charge in [-0.05, 0) is 63.9 Å². The first kappa shape index (κ1) is 18.0. The first-order chi connectivity index (χ1) is 12.0. The van der Waals surface area contributed by atoms with Gasteiger partial charge in [0.1, 0.15) is 5.58 Å². The van der Waals surface area contributed by atoms with Crippen LogP contribution in [0.1, 0.15) is 48.4 Å². The summed E-state index contributed by atoms with van der Waals surface area (Å²) in [6, 6.07) is 6.29. The van der Waals surface area contributed by atoms with E-state index < -0.39 is 0 Å². The van der Waals surface area contributed by atoms with E-state index in [0.29, 0.717) is 11.7 Å². The number of amides is 1. The van der Waals surface area contributed by atoms with Crippen molar-refractivity contribution in [1.29, 1.82) is 0 Å². The Bertz CT molecular complexity index is 750. The molecule has 3 rings (SSSR count). The largest absolute Gasteiger partial charge is 0.451 e. The number of carbonyl (C=O) groups excluding carboxylic acids is 1. The Balaban J connectivity index is 1.83. The van der Waals surface area contributed by atoms with Crippen molar-refractivity contribution in [2.45, 2.75) is 40.0 Å². The summed E-state index contributed by atoms with van der Waals surface area (Å²) in [5, 5.41) is 1.07. The van der Waals surface area contributed by atoms with Crippen molar-refractivity contribution in [3.63, 3.8) is 0 Å². The predicted molar refractivity (Wildman–Crippen MR) is 102 cm³/mol. The molecule has 0 radical (unpaired) electrons. The highest BCUT2D eigenvalue weighted by atomic mass is 16.3. The van der Waals surface area contributed by atoms with Crippen molar-refractivity contribution in [2.24, 2.45) is 5.92 Å². The second kappa shape index (κ2) is 7.61. The number of fused-ring (bicyclic) bond motifs is 1. The Labute approximate surface area is 150 Å². The molecule has 2 aromatic rings. The Morgan fingerprint density at radius 2 is 2.16 bits per heavy atom. The van der Waals surface area contributed by atoms with Gasteiger partial charge in [-0.15, -0.1) is 0 Å². The minimum atomic E-state index is 0.0304. The summed E-state index contributed by atoms with van der Waals surface area (Å²) in [6.07, 6.45) is 3.34. The lowest BCUT2D eigenvalue weighted by atomic mass is 10.0. The molecule has 4 nitrogen and oxygen atoms in total. The van der Waals surface area contributed by atoms with Crippen molar-refractivity contribution >= 4 is 16.9 Å². The quantitative estimate of drug-likeness (QED) is 0.793. The molecule has 136 valence electrons. The fourth-order valence-electron chi connectivity index (χ4n) is 3.90. The van der Waals surface area contributed by atoms with Gasteiger partial charge in [0, 0.05) is 30.6 Å². The molecule has 4 heteroatoms. The van der Waals surface area contributed by atoms with Gasteiger partial charge in [0.25, 0.3) is 5.91 Å². The van der Waals surface area contributed by atoms with Gasteiger partial charge in [0.2, 0.25) is 0 Å². The zero-order valence-electron chi connectivity index (χ0n) is 16.0. The summed E-state index contributed by atoms with van der Waals surface area (Å²) in [5.74, 6) is 1.11. The summed E-state index contributed by atoms with van der Waals surface area (Å²) in [5.41, 5.74) is 3.09. The molecule has 0 N–H and O–H groups in total. The fraction of sp³-hybridized carbons (Fsp3) is 0.571. The molecule has 1 amide bonds. The van der Waals surface area contributed by atoms with Crippen LogP contribution in [-0.4, -0.2) is 48.9 Å². The lowest BCUT2D eigenvalue weighted by Crippen LogP contribution is -2.36. The van der Waals surface area contributed by atoms with Crippen molar-refractivity contribution < 1.29 is 9.21 Å². The zero-order chi connectivity index (χ0) is 18.0. The van der Waals surface area contributed by atoms with E-state index in [9.17, 15) is 4.79 Å². The van der Waals surface area contributed by atoms with Gasteiger partial charge < -0.3 is 14.2 Å². The monoisotopic (exact) mass is 342 g/mol. The van der Waals surface area contributed by atoms with Gasteiger partial charge in [0.05, 0.1) is 0 Å². The molecule has 1 atom stereocenters. The molecular formula is C21H30N2O2. The Morgan fingerprint density at radius 3 is 2.80 bits per heavy atom. The molecule has 0 aliphatic carbocycles. The fourth-order valence-corrected chi connectivity index (χ4v) is 3.90. The number of benzene rings is 1. The molecule has 25 heavy (non-hydrogen) atoms. The first-order valence-corrected chi connectivity index (χ1v) is 9.53. The Morgan fingerprint density at radius 1 is 1.36 bits per heavy atom. The second-order valence-corrected chi connectivity index (χ2v) is 7.40. The summed E-state index contributed by atoms with van der Waals surface area (Å²) < 4.78 is 5.96. The molecule has 0 bridgehead atoms. The van der Waals surface area contributed by atoms with Crippen LogP contribution < -0.4 is 0 Å². The molecule has 1 aromatic carbocycles. The van der Waals surface area contributed by atoms with Gasteiger partial charge in [0.15, 0.2) is 5.76 Å². The number of aryl methyl sites for hydroxylation is 2. The van der Waals surface area contributed by atoms with Crippen molar-refractivity contribution in [3.8, 4) is 0 Å². The van der Waals surface area contributed by atoms with Crippen LogP contribution in [0.25, 0.3) is 11.0 Å². The molecule has 1 fully saturated rings. The third kappa shape index (κ3) is 3.74. The standard InChI is InChI=1S/C21H30N2O2/c1-5-7-16-8-9-19-18(12-16)15(3)20(25-19)21(24)23(6-2)14-17-10-11-22(4)13-17/h8-9,12,17H,5-7,10-11,13-14H2,1-4H3/t17-/m1/s1. The van der Waals surface area contributed by atoms with Gasteiger partial charge >= 0.3 is 0 Å². The van der Waals surface area contributed by atoms with E-state index in [1.165, 1.54) is 12.0 Å². The van der Waals surface area contributed by atoms with Crippen molar-refractivity contribution in [2.75, 3.05) is 33.2 Å². The summed E-state index contributed by atoms with van der Waals surface area (Å²) in [7, 11) is 2.15. The van der Waals surface area contributed by atoms with E-state index >= 15 is 0 Å². The highest BCUT2D eigenvalue weighted by molar-refractivity contribution is 5.99. The van der Waals surface area contributed by atoms with Gasteiger partial charge in [-0.25, -0.2) is 0 Å². The maximum Gasteiger partial charge on any atom is 0.289 e. The normalized spacial score (nSPS) is 18.2.